The zero-order chi connectivity index (χ0) is 35.2. The van der Waals surface area contributed by atoms with Crippen LogP contribution in [0.25, 0.3) is 33.4 Å². The molecule has 3 unspecified atom stereocenters. The Balaban J connectivity index is 0.992. The lowest BCUT2D eigenvalue weighted by molar-refractivity contribution is -0.0399. The molecule has 8 aliphatic rings. The van der Waals surface area contributed by atoms with Gasteiger partial charge in [-0.2, -0.15) is 0 Å². The molecule has 0 heterocycles. The van der Waals surface area contributed by atoms with Crippen molar-refractivity contribution < 1.29 is 0 Å². The first-order chi connectivity index (χ1) is 26.7. The van der Waals surface area contributed by atoms with E-state index in [1.807, 2.05) is 0 Å². The Morgan fingerprint density at radius 3 is 1.57 bits per heavy atom. The fraction of sp³-hybridized carbons (Fsp3) is 0.321. The van der Waals surface area contributed by atoms with E-state index >= 15 is 0 Å². The van der Waals surface area contributed by atoms with Crippen LogP contribution < -0.4 is 4.90 Å². The summed E-state index contributed by atoms with van der Waals surface area (Å²) in [5, 5.41) is 0. The quantitative estimate of drug-likeness (QED) is 0.177. The smallest absolute Gasteiger partial charge is 0.0468 e. The van der Waals surface area contributed by atoms with E-state index in [1.165, 1.54) is 108 Å². The van der Waals surface area contributed by atoms with E-state index in [0.717, 1.165) is 35.5 Å². The molecule has 6 bridgehead atoms. The third kappa shape index (κ3) is 3.86. The molecule has 3 atom stereocenters. The maximum absolute atomic E-state index is 2.59. The van der Waals surface area contributed by atoms with Gasteiger partial charge in [0.05, 0.1) is 0 Å². The van der Waals surface area contributed by atoms with Gasteiger partial charge in [-0.25, -0.2) is 0 Å². The largest absolute Gasteiger partial charge is 0.310 e. The van der Waals surface area contributed by atoms with Crippen molar-refractivity contribution in [2.45, 2.75) is 68.6 Å². The minimum atomic E-state index is 0.187. The molecule has 1 nitrogen and oxygen atoms in total. The fourth-order valence-corrected chi connectivity index (χ4v) is 14.7. The predicted octanol–water partition coefficient (Wildman–Crippen LogP) is 13.6. The third-order valence-corrected chi connectivity index (χ3v) is 16.3. The molecule has 0 aromatic heterocycles. The highest BCUT2D eigenvalue weighted by molar-refractivity contribution is 5.90. The van der Waals surface area contributed by atoms with Crippen molar-refractivity contribution in [3.8, 4) is 33.4 Å². The molecule has 0 saturated heterocycles. The van der Waals surface area contributed by atoms with Gasteiger partial charge in [0.15, 0.2) is 0 Å². The number of fused-ring (bicyclic) bond motifs is 11. The lowest BCUT2D eigenvalue weighted by Gasteiger charge is -2.61. The number of anilines is 3. The van der Waals surface area contributed by atoms with Gasteiger partial charge in [0, 0.05) is 27.9 Å². The van der Waals surface area contributed by atoms with E-state index in [0.29, 0.717) is 0 Å². The number of nitrogens with zero attached hydrogens (tertiary/aromatic N) is 1. The Morgan fingerprint density at radius 2 is 0.907 bits per heavy atom. The molecule has 1 heteroatoms. The average Bonchev–Trinajstić information content (AvgIpc) is 3.97. The van der Waals surface area contributed by atoms with Gasteiger partial charge in [0.2, 0.25) is 0 Å². The second-order valence-electron chi connectivity index (χ2n) is 18.5. The Bertz CT molecular complexity index is 2460. The third-order valence-electron chi connectivity index (χ3n) is 16.3. The molecular formula is C53H47N. The van der Waals surface area contributed by atoms with E-state index in [1.54, 1.807) is 22.3 Å². The molecular weight excluding hydrogens is 651 g/mol. The maximum Gasteiger partial charge on any atom is 0.0468 e. The van der Waals surface area contributed by atoms with Gasteiger partial charge in [0.25, 0.3) is 0 Å². The van der Waals surface area contributed by atoms with Crippen molar-refractivity contribution in [3.63, 3.8) is 0 Å². The van der Waals surface area contributed by atoms with Crippen molar-refractivity contribution >= 4 is 17.1 Å². The van der Waals surface area contributed by atoms with Crippen molar-refractivity contribution in [1.29, 1.82) is 0 Å². The minimum Gasteiger partial charge on any atom is -0.310 e. The van der Waals surface area contributed by atoms with Crippen LogP contribution in [0.5, 0.6) is 0 Å². The molecule has 0 aliphatic heterocycles. The zero-order valence-electron chi connectivity index (χ0n) is 31.1. The topological polar surface area (TPSA) is 3.24 Å². The Morgan fingerprint density at radius 1 is 0.389 bits per heavy atom. The van der Waals surface area contributed by atoms with Crippen LogP contribution in [-0.4, -0.2) is 0 Å². The molecule has 54 heavy (non-hydrogen) atoms. The van der Waals surface area contributed by atoms with Gasteiger partial charge in [-0.05, 0) is 179 Å². The van der Waals surface area contributed by atoms with E-state index in [4.69, 9.17) is 0 Å². The predicted molar refractivity (Wildman–Crippen MR) is 221 cm³/mol. The summed E-state index contributed by atoms with van der Waals surface area (Å²) in [4.78, 5) is 2.56. The fourth-order valence-electron chi connectivity index (χ4n) is 14.7. The molecule has 6 aromatic carbocycles. The lowest BCUT2D eigenvalue weighted by Crippen LogP contribution is -2.55. The van der Waals surface area contributed by atoms with E-state index in [9.17, 15) is 0 Å². The molecule has 0 N–H and O–H groups in total. The van der Waals surface area contributed by atoms with Gasteiger partial charge in [-0.1, -0.05) is 110 Å². The monoisotopic (exact) mass is 697 g/mol. The maximum atomic E-state index is 2.59. The van der Waals surface area contributed by atoms with Gasteiger partial charge in [-0.15, -0.1) is 0 Å². The molecule has 6 fully saturated rings. The van der Waals surface area contributed by atoms with Crippen molar-refractivity contribution in [2.75, 3.05) is 4.90 Å². The summed E-state index contributed by atoms with van der Waals surface area (Å²) >= 11 is 0. The van der Waals surface area contributed by atoms with Crippen LogP contribution in [0.3, 0.4) is 0 Å². The summed E-state index contributed by atoms with van der Waals surface area (Å²) in [7, 11) is 0. The summed E-state index contributed by atoms with van der Waals surface area (Å²) < 4.78 is 0. The van der Waals surface area contributed by atoms with E-state index in [2.05, 4.69) is 144 Å². The first-order valence-corrected chi connectivity index (χ1v) is 21.1. The molecule has 6 saturated carbocycles. The summed E-state index contributed by atoms with van der Waals surface area (Å²) in [6.45, 7) is 0. The van der Waals surface area contributed by atoms with Crippen molar-refractivity contribution in [2.24, 2.45) is 35.5 Å². The average molecular weight is 698 g/mol. The standard InChI is InChI=1S/C53H47N/c1-2-8-36(9-3-1)37-15-18-41(19-16-37)54(42-20-22-49-46(30-42)44-10-4-6-12-48(44)52(49)32-33-14-17-38(52)25-33)43-21-23-51-47(31-43)45-11-5-7-13-50(45)53(51)39-26-34-24-35(28-39)29-40(53)27-34/h1-13,15-16,18-23,30-31,33-35,38-40H,14,17,24-29,32H2. The number of hydrogen-bond acceptors (Lipinski definition) is 1. The highest BCUT2D eigenvalue weighted by atomic mass is 15.1. The van der Waals surface area contributed by atoms with Gasteiger partial charge in [0.1, 0.15) is 0 Å². The molecule has 264 valence electrons. The minimum absolute atomic E-state index is 0.187. The Kier molecular flexibility index (Phi) is 6.13. The number of hydrogen-bond donors (Lipinski definition) is 0. The first-order valence-electron chi connectivity index (χ1n) is 21.1. The van der Waals surface area contributed by atoms with Crippen LogP contribution in [0.1, 0.15) is 80.0 Å². The molecule has 14 rings (SSSR count). The van der Waals surface area contributed by atoms with Crippen LogP contribution in [0.4, 0.5) is 17.1 Å². The molecule has 0 radical (unpaired) electrons. The summed E-state index contributed by atoms with van der Waals surface area (Å²) in [5.41, 5.74) is 19.0. The van der Waals surface area contributed by atoms with Crippen molar-refractivity contribution in [3.05, 3.63) is 162 Å². The van der Waals surface area contributed by atoms with Gasteiger partial charge in [-0.3, -0.25) is 0 Å². The van der Waals surface area contributed by atoms with Crippen LogP contribution in [-0.2, 0) is 10.8 Å². The van der Waals surface area contributed by atoms with Crippen LogP contribution in [0.2, 0.25) is 0 Å². The molecule has 8 aliphatic carbocycles. The normalized spacial score (nSPS) is 31.2. The SMILES string of the molecule is c1ccc(-c2ccc(N(c3ccc4c(c3)-c3ccccc3C43CC4CCC3C4)c3ccc4c(c3)-c3ccccc3C43C4CC5CC(C4)CC3C5)cc2)cc1. The first kappa shape index (κ1) is 30.4. The van der Waals surface area contributed by atoms with Crippen molar-refractivity contribution in [1.82, 2.24) is 0 Å². The van der Waals surface area contributed by atoms with E-state index in [-0.39, 0.29) is 10.8 Å². The van der Waals surface area contributed by atoms with Gasteiger partial charge >= 0.3 is 0 Å². The van der Waals surface area contributed by atoms with Crippen LogP contribution in [0, 0.1) is 35.5 Å². The lowest BCUT2D eigenvalue weighted by atomic mass is 9.43. The molecule has 2 spiro atoms. The highest BCUT2D eigenvalue weighted by Crippen LogP contribution is 2.70. The number of rotatable bonds is 4. The summed E-state index contributed by atoms with van der Waals surface area (Å²) in [5.74, 6) is 5.10. The van der Waals surface area contributed by atoms with Gasteiger partial charge < -0.3 is 4.90 Å². The summed E-state index contributed by atoms with van der Waals surface area (Å²) in [6.07, 6.45) is 12.7. The highest BCUT2D eigenvalue weighted by Gasteiger charge is 2.61. The Labute approximate surface area is 320 Å². The second-order valence-corrected chi connectivity index (χ2v) is 18.5. The Hall–Kier alpha value is -4.88. The molecule has 6 aromatic rings. The van der Waals surface area contributed by atoms with Crippen LogP contribution >= 0.6 is 0 Å². The molecule has 0 amide bonds. The van der Waals surface area contributed by atoms with E-state index < -0.39 is 0 Å². The number of benzene rings is 6. The summed E-state index contributed by atoms with van der Waals surface area (Å²) in [6, 6.07) is 54.4. The zero-order valence-corrected chi connectivity index (χ0v) is 31.1. The van der Waals surface area contributed by atoms with Crippen LogP contribution in [0.15, 0.2) is 140 Å². The second kappa shape index (κ2) is 10.9.